The molecule has 2 fully saturated rings. The maximum Gasteiger partial charge on any atom is 0.0597 e. The summed E-state index contributed by atoms with van der Waals surface area (Å²) < 4.78 is 5.77. The number of piperazine rings is 1. The van der Waals surface area contributed by atoms with E-state index in [1.807, 2.05) is 0 Å². The third-order valence-corrected chi connectivity index (χ3v) is 5.01. The lowest BCUT2D eigenvalue weighted by molar-refractivity contribution is 0.0135. The maximum atomic E-state index is 5.77. The fraction of sp³-hybridized carbons (Fsp3) is 1.00. The summed E-state index contributed by atoms with van der Waals surface area (Å²) in [7, 11) is 0. The first-order valence-corrected chi connectivity index (χ1v) is 8.21. The number of rotatable bonds is 7. The van der Waals surface area contributed by atoms with Crippen molar-refractivity contribution < 1.29 is 4.74 Å². The minimum atomic E-state index is 0.337. The highest BCUT2D eigenvalue weighted by Crippen LogP contribution is 2.38. The zero-order chi connectivity index (χ0) is 13.9. The minimum absolute atomic E-state index is 0.337. The molecule has 0 radical (unpaired) electrons. The Hall–Kier alpha value is -0.120. The second-order valence-corrected chi connectivity index (χ2v) is 6.66. The van der Waals surface area contributed by atoms with Crippen molar-refractivity contribution in [2.24, 2.45) is 5.92 Å². The van der Waals surface area contributed by atoms with Crippen LogP contribution in [0, 0.1) is 5.92 Å². The van der Waals surface area contributed by atoms with Crippen molar-refractivity contribution in [2.75, 3.05) is 26.2 Å². The maximum absolute atomic E-state index is 5.77. The van der Waals surface area contributed by atoms with Gasteiger partial charge in [-0.25, -0.2) is 0 Å². The Labute approximate surface area is 119 Å². The van der Waals surface area contributed by atoms with Crippen LogP contribution in [0.4, 0.5) is 0 Å². The molecule has 1 aliphatic heterocycles. The fourth-order valence-corrected chi connectivity index (χ4v) is 3.33. The summed E-state index contributed by atoms with van der Waals surface area (Å²) in [5.74, 6) is 0.943. The molecule has 1 N–H and O–H groups in total. The van der Waals surface area contributed by atoms with Crippen LogP contribution in [-0.2, 0) is 4.74 Å². The van der Waals surface area contributed by atoms with Crippen molar-refractivity contribution >= 4 is 0 Å². The molecular weight excluding hydrogens is 236 g/mol. The van der Waals surface area contributed by atoms with Gasteiger partial charge < -0.3 is 10.1 Å². The van der Waals surface area contributed by atoms with Gasteiger partial charge in [0.1, 0.15) is 0 Å². The summed E-state index contributed by atoms with van der Waals surface area (Å²) in [6.07, 6.45) is 5.66. The zero-order valence-electron chi connectivity index (χ0n) is 13.2. The SMILES string of the molecule is CCC1(CC)CN(CCOC(C)C)C(C2CC2)CN1. The normalized spacial score (nSPS) is 27.9. The number of hydrogen-bond acceptors (Lipinski definition) is 3. The standard InChI is InChI=1S/C16H32N2O/c1-5-16(6-2)12-18(9-10-19-13(3)4)15(11-17-16)14-7-8-14/h13-15,17H,5-12H2,1-4H3. The molecule has 2 aliphatic rings. The van der Waals surface area contributed by atoms with Gasteiger partial charge in [-0.1, -0.05) is 13.8 Å². The highest BCUT2D eigenvalue weighted by atomic mass is 16.5. The van der Waals surface area contributed by atoms with Crippen LogP contribution in [0.2, 0.25) is 0 Å². The topological polar surface area (TPSA) is 24.5 Å². The molecule has 1 heterocycles. The van der Waals surface area contributed by atoms with Gasteiger partial charge in [0.15, 0.2) is 0 Å². The van der Waals surface area contributed by atoms with Crippen LogP contribution < -0.4 is 5.32 Å². The van der Waals surface area contributed by atoms with E-state index in [2.05, 4.69) is 37.9 Å². The van der Waals surface area contributed by atoms with Gasteiger partial charge in [-0.15, -0.1) is 0 Å². The van der Waals surface area contributed by atoms with Crippen LogP contribution in [0.5, 0.6) is 0 Å². The van der Waals surface area contributed by atoms with Crippen LogP contribution >= 0.6 is 0 Å². The Morgan fingerprint density at radius 2 is 1.95 bits per heavy atom. The van der Waals surface area contributed by atoms with Crippen LogP contribution in [-0.4, -0.2) is 48.8 Å². The second kappa shape index (κ2) is 6.55. The molecule has 19 heavy (non-hydrogen) atoms. The van der Waals surface area contributed by atoms with Gasteiger partial charge in [0.05, 0.1) is 12.7 Å². The average molecular weight is 268 g/mol. The van der Waals surface area contributed by atoms with Gasteiger partial charge in [0.25, 0.3) is 0 Å². The highest BCUT2D eigenvalue weighted by Gasteiger charge is 2.42. The first-order valence-electron chi connectivity index (χ1n) is 8.21. The largest absolute Gasteiger partial charge is 0.377 e. The summed E-state index contributed by atoms with van der Waals surface area (Å²) in [6, 6.07) is 0.752. The van der Waals surface area contributed by atoms with Crippen LogP contribution in [0.3, 0.4) is 0 Å². The smallest absolute Gasteiger partial charge is 0.0597 e. The molecule has 0 spiro atoms. The lowest BCUT2D eigenvalue weighted by Gasteiger charge is -2.48. The van der Waals surface area contributed by atoms with E-state index < -0.39 is 0 Å². The van der Waals surface area contributed by atoms with E-state index in [9.17, 15) is 0 Å². The van der Waals surface area contributed by atoms with E-state index >= 15 is 0 Å². The lowest BCUT2D eigenvalue weighted by atomic mass is 9.87. The van der Waals surface area contributed by atoms with E-state index in [4.69, 9.17) is 4.74 Å². The van der Waals surface area contributed by atoms with E-state index in [0.717, 1.165) is 25.1 Å². The van der Waals surface area contributed by atoms with E-state index in [1.54, 1.807) is 0 Å². The molecule has 1 atom stereocenters. The molecule has 0 aromatic rings. The summed E-state index contributed by atoms with van der Waals surface area (Å²) in [4.78, 5) is 2.71. The second-order valence-electron chi connectivity index (χ2n) is 6.66. The number of nitrogens with one attached hydrogen (secondary N) is 1. The Bertz CT molecular complexity index is 272. The summed E-state index contributed by atoms with van der Waals surface area (Å²) in [6.45, 7) is 13.2. The van der Waals surface area contributed by atoms with Gasteiger partial charge in [-0.05, 0) is 45.4 Å². The molecule has 0 amide bonds. The van der Waals surface area contributed by atoms with Gasteiger partial charge >= 0.3 is 0 Å². The van der Waals surface area contributed by atoms with Gasteiger partial charge in [-0.3, -0.25) is 4.90 Å². The van der Waals surface area contributed by atoms with E-state index in [1.165, 1.54) is 38.8 Å². The molecular formula is C16H32N2O. The third-order valence-electron chi connectivity index (χ3n) is 5.01. The first kappa shape index (κ1) is 15.3. The van der Waals surface area contributed by atoms with Crippen molar-refractivity contribution in [3.63, 3.8) is 0 Å². The molecule has 0 aromatic carbocycles. The van der Waals surface area contributed by atoms with Crippen molar-refractivity contribution in [3.05, 3.63) is 0 Å². The average Bonchev–Trinajstić information content (AvgIpc) is 3.22. The minimum Gasteiger partial charge on any atom is -0.377 e. The van der Waals surface area contributed by atoms with Crippen LogP contribution in [0.25, 0.3) is 0 Å². The third kappa shape index (κ3) is 3.93. The molecule has 2 rings (SSSR count). The Morgan fingerprint density at radius 3 is 2.47 bits per heavy atom. The molecule has 3 nitrogen and oxygen atoms in total. The quantitative estimate of drug-likeness (QED) is 0.768. The lowest BCUT2D eigenvalue weighted by Crippen LogP contribution is -2.64. The molecule has 1 saturated heterocycles. The van der Waals surface area contributed by atoms with Crippen LogP contribution in [0.15, 0.2) is 0 Å². The molecule has 0 aromatic heterocycles. The van der Waals surface area contributed by atoms with Gasteiger partial charge in [0.2, 0.25) is 0 Å². The monoisotopic (exact) mass is 268 g/mol. The Morgan fingerprint density at radius 1 is 1.26 bits per heavy atom. The van der Waals surface area contributed by atoms with Crippen molar-refractivity contribution in [2.45, 2.75) is 71.1 Å². The van der Waals surface area contributed by atoms with Crippen LogP contribution in [0.1, 0.15) is 53.4 Å². The predicted octanol–water partition coefficient (Wildman–Crippen LogP) is 2.65. The summed E-state index contributed by atoms with van der Waals surface area (Å²) in [5, 5.41) is 3.85. The Balaban J connectivity index is 1.92. The summed E-state index contributed by atoms with van der Waals surface area (Å²) in [5.41, 5.74) is 0.337. The number of nitrogens with zero attached hydrogens (tertiary/aromatic N) is 1. The van der Waals surface area contributed by atoms with Gasteiger partial charge in [-0.2, -0.15) is 0 Å². The molecule has 3 heteroatoms. The van der Waals surface area contributed by atoms with E-state index in [-0.39, 0.29) is 0 Å². The number of hydrogen-bond donors (Lipinski definition) is 1. The molecule has 1 saturated carbocycles. The molecule has 1 aliphatic carbocycles. The van der Waals surface area contributed by atoms with E-state index in [0.29, 0.717) is 11.6 Å². The predicted molar refractivity (Wildman–Crippen MR) is 80.5 cm³/mol. The van der Waals surface area contributed by atoms with Gasteiger partial charge in [0, 0.05) is 31.2 Å². The van der Waals surface area contributed by atoms with Crippen molar-refractivity contribution in [3.8, 4) is 0 Å². The summed E-state index contributed by atoms with van der Waals surface area (Å²) >= 11 is 0. The zero-order valence-corrected chi connectivity index (χ0v) is 13.2. The highest BCUT2D eigenvalue weighted by molar-refractivity contribution is 5.01. The Kier molecular flexibility index (Phi) is 5.27. The molecule has 1 unspecified atom stereocenters. The van der Waals surface area contributed by atoms with Crippen molar-refractivity contribution in [1.29, 1.82) is 0 Å². The number of ether oxygens (including phenoxy) is 1. The fourth-order valence-electron chi connectivity index (χ4n) is 3.33. The molecule has 0 bridgehead atoms. The first-order chi connectivity index (χ1) is 9.10. The molecule has 112 valence electrons. The van der Waals surface area contributed by atoms with Crippen molar-refractivity contribution in [1.82, 2.24) is 10.2 Å².